The average Bonchev–Trinajstić information content (AvgIpc) is 2.79. The monoisotopic (exact) mass is 328 g/mol. The molecule has 0 aromatic heterocycles. The van der Waals surface area contributed by atoms with Gasteiger partial charge in [-0.05, 0) is 13.3 Å². The summed E-state index contributed by atoms with van der Waals surface area (Å²) in [6, 6.07) is 0. The van der Waals surface area contributed by atoms with Crippen LogP contribution in [0.5, 0.6) is 0 Å². The van der Waals surface area contributed by atoms with Crippen molar-refractivity contribution in [2.24, 2.45) is 5.92 Å². The molecule has 0 aromatic carbocycles. The van der Waals surface area contributed by atoms with E-state index in [4.69, 9.17) is 28.4 Å². The van der Waals surface area contributed by atoms with Gasteiger partial charge in [0.05, 0.1) is 13.7 Å². The van der Waals surface area contributed by atoms with E-state index in [9.17, 15) is 4.79 Å². The van der Waals surface area contributed by atoms with Crippen molar-refractivity contribution in [1.29, 1.82) is 0 Å². The van der Waals surface area contributed by atoms with Crippen LogP contribution in [0, 0.1) is 5.92 Å². The Balaban J connectivity index is 2.32. The fourth-order valence-electron chi connectivity index (χ4n) is 3.08. The zero-order valence-electron chi connectivity index (χ0n) is 14.0. The van der Waals surface area contributed by atoms with Gasteiger partial charge in [-0.1, -0.05) is 11.6 Å². The lowest BCUT2D eigenvalue weighted by Gasteiger charge is -2.39. The smallest absolute Gasteiger partial charge is 0.378 e. The maximum Gasteiger partial charge on any atom is 0.378 e. The van der Waals surface area contributed by atoms with Gasteiger partial charge in [0.15, 0.2) is 18.2 Å². The second-order valence-electron chi connectivity index (χ2n) is 5.63. The first-order valence-electron chi connectivity index (χ1n) is 7.45. The molecule has 2 aliphatic rings. The number of hydrogen-bond acceptors (Lipinski definition) is 7. The number of methoxy groups -OCH3 is 3. The highest BCUT2D eigenvalue weighted by molar-refractivity contribution is 5.90. The van der Waals surface area contributed by atoms with Gasteiger partial charge in [-0.3, -0.25) is 0 Å². The van der Waals surface area contributed by atoms with Crippen molar-refractivity contribution in [2.75, 3.05) is 41.5 Å². The van der Waals surface area contributed by atoms with Crippen molar-refractivity contribution in [3.8, 4) is 0 Å². The molecular weight excluding hydrogens is 304 g/mol. The second kappa shape index (κ2) is 7.81. The molecule has 0 saturated heterocycles. The van der Waals surface area contributed by atoms with Gasteiger partial charge < -0.3 is 28.4 Å². The molecule has 7 nitrogen and oxygen atoms in total. The molecule has 1 heterocycles. The van der Waals surface area contributed by atoms with E-state index in [0.29, 0.717) is 25.2 Å². The normalized spacial score (nSPS) is 27.2. The molecule has 130 valence electrons. The van der Waals surface area contributed by atoms with E-state index in [0.717, 1.165) is 5.57 Å². The third-order valence-electron chi connectivity index (χ3n) is 4.05. The van der Waals surface area contributed by atoms with Crippen LogP contribution < -0.4 is 0 Å². The largest absolute Gasteiger partial charge is 0.493 e. The molecule has 0 N–H and O–H groups in total. The van der Waals surface area contributed by atoms with Gasteiger partial charge >= 0.3 is 5.97 Å². The second-order valence-corrected chi connectivity index (χ2v) is 5.63. The summed E-state index contributed by atoms with van der Waals surface area (Å²) in [4.78, 5) is 12.3. The van der Waals surface area contributed by atoms with Crippen LogP contribution >= 0.6 is 0 Å². The van der Waals surface area contributed by atoms with Crippen LogP contribution in [-0.4, -0.2) is 53.1 Å². The van der Waals surface area contributed by atoms with Gasteiger partial charge in [-0.25, -0.2) is 4.79 Å². The van der Waals surface area contributed by atoms with Crippen molar-refractivity contribution >= 4 is 5.97 Å². The van der Waals surface area contributed by atoms with E-state index in [1.807, 2.05) is 6.92 Å². The third kappa shape index (κ3) is 3.52. The molecule has 0 radical (unpaired) electrons. The predicted molar refractivity (Wildman–Crippen MR) is 80.1 cm³/mol. The summed E-state index contributed by atoms with van der Waals surface area (Å²) < 4.78 is 31.9. The predicted octanol–water partition coefficient (Wildman–Crippen LogP) is 1.74. The molecule has 2 rings (SSSR count). The number of carbonyl (C=O) groups is 1. The first kappa shape index (κ1) is 17.8. The lowest BCUT2D eigenvalue weighted by atomic mass is 9.75. The van der Waals surface area contributed by atoms with Crippen molar-refractivity contribution < 1.29 is 33.2 Å². The SMILES string of the molecule is COCOC[C@@H]1CC=C(C)C[C@]12OC(=O)C(OCOC)=C2OC. The van der Waals surface area contributed by atoms with E-state index in [-0.39, 0.29) is 25.3 Å². The summed E-state index contributed by atoms with van der Waals surface area (Å²) in [7, 11) is 4.56. The Hall–Kier alpha value is -1.57. The lowest BCUT2D eigenvalue weighted by molar-refractivity contribution is -0.162. The highest BCUT2D eigenvalue weighted by atomic mass is 16.7. The summed E-state index contributed by atoms with van der Waals surface area (Å²) in [6.45, 7) is 2.52. The zero-order valence-corrected chi connectivity index (χ0v) is 14.0. The summed E-state index contributed by atoms with van der Waals surface area (Å²) >= 11 is 0. The van der Waals surface area contributed by atoms with Crippen LogP contribution in [0.15, 0.2) is 23.2 Å². The molecule has 0 amide bonds. The quantitative estimate of drug-likeness (QED) is 0.291. The molecule has 0 aromatic rings. The van der Waals surface area contributed by atoms with Crippen LogP contribution in [0.1, 0.15) is 19.8 Å². The van der Waals surface area contributed by atoms with Crippen molar-refractivity contribution in [1.82, 2.24) is 0 Å². The lowest BCUT2D eigenvalue weighted by Crippen LogP contribution is -2.45. The molecule has 0 fully saturated rings. The molecular formula is C16H24O7. The fourth-order valence-corrected chi connectivity index (χ4v) is 3.08. The van der Waals surface area contributed by atoms with Crippen LogP contribution in [0.4, 0.5) is 0 Å². The van der Waals surface area contributed by atoms with Crippen LogP contribution in [0.2, 0.25) is 0 Å². The molecule has 2 atom stereocenters. The number of rotatable bonds is 8. The molecule has 7 heteroatoms. The van der Waals surface area contributed by atoms with Gasteiger partial charge in [0.25, 0.3) is 0 Å². The number of hydrogen-bond donors (Lipinski definition) is 0. The fraction of sp³-hybridized carbons (Fsp3) is 0.688. The molecule has 23 heavy (non-hydrogen) atoms. The van der Waals surface area contributed by atoms with Crippen molar-refractivity contribution in [3.05, 3.63) is 23.2 Å². The Bertz CT molecular complexity index is 497. The van der Waals surface area contributed by atoms with Gasteiger partial charge in [0.1, 0.15) is 6.79 Å². The molecule has 0 bridgehead atoms. The van der Waals surface area contributed by atoms with Gasteiger partial charge in [-0.15, -0.1) is 0 Å². The van der Waals surface area contributed by atoms with E-state index >= 15 is 0 Å². The number of esters is 1. The van der Waals surface area contributed by atoms with Crippen LogP contribution in [-0.2, 0) is 33.2 Å². The minimum Gasteiger partial charge on any atom is -0.493 e. The zero-order chi connectivity index (χ0) is 16.9. The highest BCUT2D eigenvalue weighted by Gasteiger charge is 2.56. The molecule has 1 aliphatic carbocycles. The number of ether oxygens (including phenoxy) is 6. The Kier molecular flexibility index (Phi) is 6.04. The molecule has 0 unspecified atom stereocenters. The Morgan fingerprint density at radius 3 is 2.65 bits per heavy atom. The Morgan fingerprint density at radius 1 is 1.26 bits per heavy atom. The molecule has 0 saturated carbocycles. The number of carbonyl (C=O) groups excluding carboxylic acids is 1. The maximum atomic E-state index is 12.3. The van der Waals surface area contributed by atoms with Crippen molar-refractivity contribution in [3.63, 3.8) is 0 Å². The first-order valence-corrected chi connectivity index (χ1v) is 7.45. The highest BCUT2D eigenvalue weighted by Crippen LogP contribution is 2.47. The van der Waals surface area contributed by atoms with Gasteiger partial charge in [-0.2, -0.15) is 0 Å². The van der Waals surface area contributed by atoms with Crippen molar-refractivity contribution in [2.45, 2.75) is 25.4 Å². The Morgan fingerprint density at radius 2 is 2.00 bits per heavy atom. The molecule has 1 aliphatic heterocycles. The minimum atomic E-state index is -0.901. The third-order valence-corrected chi connectivity index (χ3v) is 4.05. The standard InChI is InChI=1S/C16H24O7/c1-11-5-6-12(8-21-9-18-2)16(7-11)14(20-4)13(15(17)23-16)22-10-19-3/h5,12H,6-10H2,1-4H3/t12-,16-/m0/s1. The van der Waals surface area contributed by atoms with Crippen LogP contribution in [0.25, 0.3) is 0 Å². The Labute approximate surface area is 136 Å². The minimum absolute atomic E-state index is 0.0486. The van der Waals surface area contributed by atoms with E-state index in [1.165, 1.54) is 14.2 Å². The summed E-state index contributed by atoms with van der Waals surface area (Å²) in [6.07, 6.45) is 3.39. The van der Waals surface area contributed by atoms with E-state index in [2.05, 4.69) is 6.08 Å². The van der Waals surface area contributed by atoms with Crippen LogP contribution in [0.3, 0.4) is 0 Å². The molecule has 1 spiro atoms. The number of allylic oxidation sites excluding steroid dienone is 1. The van der Waals surface area contributed by atoms with E-state index < -0.39 is 11.6 Å². The summed E-state index contributed by atoms with van der Waals surface area (Å²) in [5.74, 6) is -0.145. The topological polar surface area (TPSA) is 72.5 Å². The van der Waals surface area contributed by atoms with E-state index in [1.54, 1.807) is 7.11 Å². The maximum absolute atomic E-state index is 12.3. The first-order chi connectivity index (χ1) is 11.1. The summed E-state index contributed by atoms with van der Waals surface area (Å²) in [5, 5.41) is 0. The van der Waals surface area contributed by atoms with Gasteiger partial charge in [0.2, 0.25) is 5.76 Å². The average molecular weight is 328 g/mol. The van der Waals surface area contributed by atoms with Gasteiger partial charge in [0, 0.05) is 26.6 Å². The summed E-state index contributed by atoms with van der Waals surface area (Å²) in [5.41, 5.74) is 0.227.